The van der Waals surface area contributed by atoms with Crippen LogP contribution in [0.25, 0.3) is 0 Å². The second-order valence-electron chi connectivity index (χ2n) is 8.13. The second-order valence-corrected chi connectivity index (χ2v) is 8.53. The molecule has 1 fully saturated rings. The Hall–Kier alpha value is -2.49. The number of nitrogens with zero attached hydrogens (tertiary/aromatic N) is 3. The van der Waals surface area contributed by atoms with Gasteiger partial charge in [0.05, 0.1) is 43.9 Å². The van der Waals surface area contributed by atoms with Gasteiger partial charge >= 0.3 is 0 Å². The molecule has 1 aromatic heterocycles. The van der Waals surface area contributed by atoms with E-state index in [1.165, 1.54) is 10.9 Å². The Morgan fingerprint density at radius 1 is 1.18 bits per heavy atom. The van der Waals surface area contributed by atoms with E-state index in [9.17, 15) is 15.3 Å². The first-order valence-electron chi connectivity index (χ1n) is 11.0. The Bertz CT molecular complexity index is 1060. The van der Waals surface area contributed by atoms with Gasteiger partial charge in [-0.05, 0) is 48.2 Å². The minimum absolute atomic E-state index is 0.164. The molecule has 4 rings (SSSR count). The normalized spacial score (nSPS) is 22.9. The van der Waals surface area contributed by atoms with E-state index in [-0.39, 0.29) is 19.6 Å². The number of halogens is 1. The lowest BCUT2D eigenvalue weighted by Crippen LogP contribution is -2.47. The summed E-state index contributed by atoms with van der Waals surface area (Å²) in [6.07, 6.45) is -0.824. The van der Waals surface area contributed by atoms with Crippen LogP contribution in [0.3, 0.4) is 0 Å². The highest BCUT2D eigenvalue weighted by molar-refractivity contribution is 6.31. The van der Waals surface area contributed by atoms with Gasteiger partial charge < -0.3 is 24.8 Å². The van der Waals surface area contributed by atoms with Crippen LogP contribution in [0.1, 0.15) is 41.8 Å². The molecule has 0 aliphatic carbocycles. The number of hydrogen-bond acceptors (Lipinski definition) is 7. The zero-order valence-corrected chi connectivity index (χ0v) is 19.1. The molecule has 0 saturated carbocycles. The fourth-order valence-electron chi connectivity index (χ4n) is 4.07. The summed E-state index contributed by atoms with van der Waals surface area (Å²) in [4.78, 5) is 0. The highest BCUT2D eigenvalue weighted by Crippen LogP contribution is 2.34. The van der Waals surface area contributed by atoms with Crippen LogP contribution >= 0.6 is 11.6 Å². The van der Waals surface area contributed by atoms with Crippen molar-refractivity contribution in [1.82, 2.24) is 15.0 Å². The molecule has 3 N–H and O–H groups in total. The molecule has 176 valence electrons. The third-order valence-corrected chi connectivity index (χ3v) is 6.22. The van der Waals surface area contributed by atoms with Crippen LogP contribution in [0.5, 0.6) is 5.75 Å². The summed E-state index contributed by atoms with van der Waals surface area (Å²) in [5.41, 5.74) is 3.42. The summed E-state index contributed by atoms with van der Waals surface area (Å²) >= 11 is 6.48. The number of rotatable bonds is 8. The Morgan fingerprint density at radius 3 is 2.70 bits per heavy atom. The Morgan fingerprint density at radius 2 is 1.97 bits per heavy atom. The van der Waals surface area contributed by atoms with Crippen molar-refractivity contribution in [3.8, 4) is 5.75 Å². The van der Waals surface area contributed by atoms with Crippen molar-refractivity contribution in [2.45, 2.75) is 57.3 Å². The summed E-state index contributed by atoms with van der Waals surface area (Å²) in [5, 5.41) is 38.8. The van der Waals surface area contributed by atoms with Crippen molar-refractivity contribution < 1.29 is 24.8 Å². The topological polar surface area (TPSA) is 110 Å². The number of aliphatic hydroxyl groups is 3. The molecule has 0 amide bonds. The molecule has 3 aromatic rings. The summed E-state index contributed by atoms with van der Waals surface area (Å²) < 4.78 is 13.2. The van der Waals surface area contributed by atoms with Gasteiger partial charge in [-0.25, -0.2) is 4.68 Å². The molecule has 2 aromatic carbocycles. The molecule has 0 spiro atoms. The minimum atomic E-state index is -1.08. The van der Waals surface area contributed by atoms with E-state index in [0.717, 1.165) is 22.4 Å². The Balaban J connectivity index is 1.51. The van der Waals surface area contributed by atoms with E-state index < -0.39 is 24.4 Å². The monoisotopic (exact) mass is 473 g/mol. The maximum absolute atomic E-state index is 10.5. The van der Waals surface area contributed by atoms with Crippen LogP contribution in [-0.2, 0) is 24.3 Å². The molecule has 4 atom stereocenters. The molecule has 8 nitrogen and oxygen atoms in total. The molecule has 9 heteroatoms. The number of ether oxygens (including phenoxy) is 2. The van der Waals surface area contributed by atoms with E-state index >= 15 is 0 Å². The molecule has 2 heterocycles. The minimum Gasteiger partial charge on any atom is -0.494 e. The predicted molar refractivity (Wildman–Crippen MR) is 122 cm³/mol. The van der Waals surface area contributed by atoms with Crippen molar-refractivity contribution in [3.63, 3.8) is 0 Å². The van der Waals surface area contributed by atoms with E-state index in [1.54, 1.807) is 0 Å². The van der Waals surface area contributed by atoms with Gasteiger partial charge in [0.15, 0.2) is 0 Å². The first-order valence-corrected chi connectivity index (χ1v) is 11.4. The fourth-order valence-corrected chi connectivity index (χ4v) is 4.25. The molecule has 0 bridgehead atoms. The predicted octanol–water partition coefficient (Wildman–Crippen LogP) is 2.67. The molecular weight excluding hydrogens is 446 g/mol. The largest absolute Gasteiger partial charge is 0.494 e. The van der Waals surface area contributed by atoms with Gasteiger partial charge in [0.2, 0.25) is 0 Å². The van der Waals surface area contributed by atoms with Crippen LogP contribution in [-0.4, -0.2) is 55.2 Å². The lowest BCUT2D eigenvalue weighted by molar-refractivity contribution is -0.175. The van der Waals surface area contributed by atoms with Gasteiger partial charge in [-0.2, -0.15) is 0 Å². The standard InChI is InChI=1S/C24H28ClN3O5/c1-2-32-19-6-3-15(4-7-19)9-17-10-16(5-8-20(17)25)22-11-21(30)24(31)23(33-22)13-28-18(14-29)12-26-27-28/h3-8,10,12,21-24,29-31H,2,9,11,13-14H2,1H3/t21-,22-,23-,24+/m1/s1. The highest BCUT2D eigenvalue weighted by Gasteiger charge is 2.38. The average Bonchev–Trinajstić information content (AvgIpc) is 3.27. The lowest BCUT2D eigenvalue weighted by atomic mass is 9.92. The number of aromatic nitrogens is 3. The molecular formula is C24H28ClN3O5. The first kappa shape index (κ1) is 23.7. The molecule has 0 unspecified atom stereocenters. The zero-order chi connectivity index (χ0) is 23.4. The van der Waals surface area contributed by atoms with Crippen LogP contribution in [0.15, 0.2) is 48.7 Å². The molecule has 1 aliphatic heterocycles. The number of benzene rings is 2. The first-order chi connectivity index (χ1) is 16.0. The van der Waals surface area contributed by atoms with Gasteiger partial charge in [0, 0.05) is 11.4 Å². The van der Waals surface area contributed by atoms with Gasteiger partial charge in [0.25, 0.3) is 0 Å². The Kier molecular flexibility index (Phi) is 7.62. The maximum atomic E-state index is 10.5. The van der Waals surface area contributed by atoms with Crippen LogP contribution in [0.4, 0.5) is 0 Å². The van der Waals surface area contributed by atoms with E-state index in [0.29, 0.717) is 23.7 Å². The van der Waals surface area contributed by atoms with Gasteiger partial charge in [0.1, 0.15) is 18.0 Å². The van der Waals surface area contributed by atoms with Gasteiger partial charge in [-0.1, -0.05) is 41.1 Å². The van der Waals surface area contributed by atoms with Crippen molar-refractivity contribution in [2.75, 3.05) is 6.61 Å². The van der Waals surface area contributed by atoms with Crippen molar-refractivity contribution >= 4 is 11.6 Å². The zero-order valence-electron chi connectivity index (χ0n) is 18.3. The fraction of sp³-hybridized carbons (Fsp3) is 0.417. The van der Waals surface area contributed by atoms with E-state index in [4.69, 9.17) is 21.1 Å². The van der Waals surface area contributed by atoms with Crippen molar-refractivity contribution in [1.29, 1.82) is 0 Å². The lowest BCUT2D eigenvalue weighted by Gasteiger charge is -2.37. The van der Waals surface area contributed by atoms with Gasteiger partial charge in [-0.15, -0.1) is 5.10 Å². The van der Waals surface area contributed by atoms with Crippen LogP contribution < -0.4 is 4.74 Å². The summed E-state index contributed by atoms with van der Waals surface area (Å²) in [7, 11) is 0. The summed E-state index contributed by atoms with van der Waals surface area (Å²) in [6.45, 7) is 2.50. The summed E-state index contributed by atoms with van der Waals surface area (Å²) in [5.74, 6) is 0.826. The number of aliphatic hydroxyl groups excluding tert-OH is 3. The average molecular weight is 474 g/mol. The highest BCUT2D eigenvalue weighted by atomic mass is 35.5. The molecule has 1 saturated heterocycles. The molecule has 0 radical (unpaired) electrons. The number of hydrogen-bond donors (Lipinski definition) is 3. The Labute approximate surface area is 197 Å². The SMILES string of the molecule is CCOc1ccc(Cc2cc([C@H]3C[C@@H](O)[C@H](O)[C@@H](Cn4nncc4CO)O3)ccc2Cl)cc1. The van der Waals surface area contributed by atoms with E-state index in [2.05, 4.69) is 10.3 Å². The molecule has 33 heavy (non-hydrogen) atoms. The van der Waals surface area contributed by atoms with Crippen LogP contribution in [0.2, 0.25) is 5.02 Å². The maximum Gasteiger partial charge on any atom is 0.119 e. The van der Waals surface area contributed by atoms with Gasteiger partial charge in [-0.3, -0.25) is 0 Å². The second kappa shape index (κ2) is 10.6. The van der Waals surface area contributed by atoms with E-state index in [1.807, 2.05) is 49.4 Å². The van der Waals surface area contributed by atoms with Crippen molar-refractivity contribution in [2.24, 2.45) is 0 Å². The quantitative estimate of drug-likeness (QED) is 0.461. The third kappa shape index (κ3) is 5.54. The smallest absolute Gasteiger partial charge is 0.119 e. The van der Waals surface area contributed by atoms with Crippen LogP contribution in [0, 0.1) is 0 Å². The third-order valence-electron chi connectivity index (χ3n) is 5.85. The molecule has 1 aliphatic rings. The van der Waals surface area contributed by atoms with Crippen molar-refractivity contribution in [3.05, 3.63) is 76.1 Å². The summed E-state index contributed by atoms with van der Waals surface area (Å²) in [6, 6.07) is 13.6.